The molecule has 42 heavy (non-hydrogen) atoms. The molecule has 5 aromatic rings. The highest BCUT2D eigenvalue weighted by Gasteiger charge is 2.36. The maximum Gasteiger partial charge on any atom is 0.433 e. The fraction of sp³-hybridized carbons (Fsp3) is 0.107. The standard InChI is InChI=1S/C28H19BrF3N5O5/c1-2-41-20-7-9-21(10-8-20)42-22-12-18(11-19(13-22)37(39)40)34-27(38)23-15-33-36-25(28(30,31)32)14-24(35-26(23)36)16-3-5-17(29)6-4-16/h3-15H,2H2,1H3,(H,34,38). The van der Waals surface area contributed by atoms with E-state index in [1.54, 1.807) is 48.5 Å². The molecule has 5 rings (SSSR count). The van der Waals surface area contributed by atoms with Gasteiger partial charge in [0, 0.05) is 22.2 Å². The highest BCUT2D eigenvalue weighted by Crippen LogP contribution is 2.34. The third-order valence-electron chi connectivity index (χ3n) is 5.88. The van der Waals surface area contributed by atoms with Crippen LogP contribution < -0.4 is 14.8 Å². The molecule has 214 valence electrons. The molecule has 0 saturated heterocycles. The van der Waals surface area contributed by atoms with E-state index in [4.69, 9.17) is 9.47 Å². The Morgan fingerprint density at radius 2 is 1.71 bits per heavy atom. The Bertz CT molecular complexity index is 1790. The lowest BCUT2D eigenvalue weighted by Crippen LogP contribution is -2.16. The number of amides is 1. The van der Waals surface area contributed by atoms with Crippen LogP contribution in [0.3, 0.4) is 0 Å². The lowest BCUT2D eigenvalue weighted by Gasteiger charge is -2.12. The molecule has 3 aromatic carbocycles. The van der Waals surface area contributed by atoms with Gasteiger partial charge in [0.1, 0.15) is 22.8 Å². The fourth-order valence-corrected chi connectivity index (χ4v) is 4.28. The van der Waals surface area contributed by atoms with Gasteiger partial charge in [0.15, 0.2) is 11.3 Å². The first-order valence-corrected chi connectivity index (χ1v) is 13.0. The molecule has 10 nitrogen and oxygen atoms in total. The van der Waals surface area contributed by atoms with Crippen molar-refractivity contribution in [1.29, 1.82) is 0 Å². The number of rotatable bonds is 8. The van der Waals surface area contributed by atoms with E-state index in [0.717, 1.165) is 22.8 Å². The lowest BCUT2D eigenvalue weighted by molar-refractivity contribution is -0.384. The Hall–Kier alpha value is -4.98. The van der Waals surface area contributed by atoms with Gasteiger partial charge in [-0.3, -0.25) is 14.9 Å². The summed E-state index contributed by atoms with van der Waals surface area (Å²) in [6.07, 6.45) is -3.86. The quantitative estimate of drug-likeness (QED) is 0.137. The number of nitrogens with zero attached hydrogens (tertiary/aromatic N) is 4. The summed E-state index contributed by atoms with van der Waals surface area (Å²) >= 11 is 3.28. The largest absolute Gasteiger partial charge is 0.494 e. The molecule has 0 bridgehead atoms. The van der Waals surface area contributed by atoms with Crippen LogP contribution in [0.2, 0.25) is 0 Å². The van der Waals surface area contributed by atoms with Gasteiger partial charge in [-0.15, -0.1) is 0 Å². The van der Waals surface area contributed by atoms with E-state index in [9.17, 15) is 28.1 Å². The molecular weight excluding hydrogens is 623 g/mol. The molecule has 2 heterocycles. The molecule has 2 aromatic heterocycles. The zero-order chi connectivity index (χ0) is 30.0. The number of carbonyl (C=O) groups is 1. The summed E-state index contributed by atoms with van der Waals surface area (Å²) in [5.41, 5.74) is -1.83. The van der Waals surface area contributed by atoms with Crippen molar-refractivity contribution in [3.8, 4) is 28.5 Å². The molecule has 0 saturated carbocycles. The molecule has 1 amide bonds. The van der Waals surface area contributed by atoms with Crippen molar-refractivity contribution in [3.63, 3.8) is 0 Å². The third kappa shape index (κ3) is 6.17. The summed E-state index contributed by atoms with van der Waals surface area (Å²) in [6.45, 7) is 2.31. The number of halogens is 4. The van der Waals surface area contributed by atoms with Gasteiger partial charge in [0.05, 0.1) is 35.2 Å². The second-order valence-electron chi connectivity index (χ2n) is 8.76. The van der Waals surface area contributed by atoms with E-state index in [1.165, 1.54) is 12.1 Å². The van der Waals surface area contributed by atoms with E-state index in [-0.39, 0.29) is 34.0 Å². The number of fused-ring (bicyclic) bond motifs is 1. The van der Waals surface area contributed by atoms with Crippen LogP contribution in [0, 0.1) is 10.1 Å². The number of anilines is 1. The SMILES string of the molecule is CCOc1ccc(Oc2cc(NC(=O)c3cnn4c(C(F)(F)F)cc(-c5ccc(Br)cc5)nc34)cc([N+](=O)[O-])c2)cc1. The maximum atomic E-state index is 14.0. The van der Waals surface area contributed by atoms with Crippen molar-refractivity contribution in [2.45, 2.75) is 13.1 Å². The highest BCUT2D eigenvalue weighted by molar-refractivity contribution is 9.10. The smallest absolute Gasteiger partial charge is 0.433 e. The number of hydrogen-bond acceptors (Lipinski definition) is 7. The first-order valence-electron chi connectivity index (χ1n) is 12.3. The van der Waals surface area contributed by atoms with Crippen LogP contribution in [0.15, 0.2) is 83.5 Å². The van der Waals surface area contributed by atoms with Crippen LogP contribution in [-0.4, -0.2) is 32.0 Å². The number of aromatic nitrogens is 3. The van der Waals surface area contributed by atoms with Crippen LogP contribution in [0.25, 0.3) is 16.9 Å². The number of nitro groups is 1. The van der Waals surface area contributed by atoms with Crippen molar-refractivity contribution >= 4 is 38.9 Å². The van der Waals surface area contributed by atoms with Crippen molar-refractivity contribution in [2.75, 3.05) is 11.9 Å². The van der Waals surface area contributed by atoms with E-state index in [0.29, 0.717) is 28.2 Å². The predicted octanol–water partition coefficient (Wildman–Crippen LogP) is 7.53. The van der Waals surface area contributed by atoms with Gasteiger partial charge in [0.25, 0.3) is 11.6 Å². The Morgan fingerprint density at radius 3 is 2.36 bits per heavy atom. The topological polar surface area (TPSA) is 121 Å². The normalized spacial score (nSPS) is 11.4. The van der Waals surface area contributed by atoms with Gasteiger partial charge in [-0.2, -0.15) is 18.3 Å². The minimum Gasteiger partial charge on any atom is -0.494 e. The van der Waals surface area contributed by atoms with Crippen LogP contribution in [0.1, 0.15) is 23.0 Å². The predicted molar refractivity (Wildman–Crippen MR) is 150 cm³/mol. The maximum absolute atomic E-state index is 14.0. The third-order valence-corrected chi connectivity index (χ3v) is 6.41. The first-order chi connectivity index (χ1) is 20.0. The van der Waals surface area contributed by atoms with Crippen LogP contribution >= 0.6 is 15.9 Å². The van der Waals surface area contributed by atoms with Crippen LogP contribution in [-0.2, 0) is 6.18 Å². The summed E-state index contributed by atoms with van der Waals surface area (Å²) in [5, 5.41) is 17.8. The van der Waals surface area contributed by atoms with E-state index < -0.39 is 22.7 Å². The van der Waals surface area contributed by atoms with Crippen LogP contribution in [0.4, 0.5) is 24.5 Å². The van der Waals surface area contributed by atoms with Gasteiger partial charge >= 0.3 is 6.18 Å². The number of carbonyl (C=O) groups excluding carboxylic acids is 1. The fourth-order valence-electron chi connectivity index (χ4n) is 4.02. The summed E-state index contributed by atoms with van der Waals surface area (Å²) in [7, 11) is 0. The molecule has 1 N–H and O–H groups in total. The minimum atomic E-state index is -4.81. The molecule has 0 radical (unpaired) electrons. The van der Waals surface area contributed by atoms with E-state index in [1.807, 2.05) is 6.92 Å². The van der Waals surface area contributed by atoms with Gasteiger partial charge in [-0.25, -0.2) is 9.50 Å². The molecule has 0 atom stereocenters. The van der Waals surface area contributed by atoms with E-state index in [2.05, 4.69) is 31.3 Å². The number of non-ortho nitro benzene ring substituents is 1. The van der Waals surface area contributed by atoms with Gasteiger partial charge in [0.2, 0.25) is 0 Å². The Morgan fingerprint density at radius 1 is 1.02 bits per heavy atom. The molecule has 0 aliphatic carbocycles. The Labute approximate surface area is 244 Å². The molecule has 0 aliphatic rings. The molecule has 14 heteroatoms. The molecule has 0 fully saturated rings. The number of alkyl halides is 3. The van der Waals surface area contributed by atoms with Crippen molar-refractivity contribution in [2.24, 2.45) is 0 Å². The average molecular weight is 642 g/mol. The average Bonchev–Trinajstić information content (AvgIpc) is 3.37. The monoisotopic (exact) mass is 641 g/mol. The number of benzene rings is 3. The Balaban J connectivity index is 1.50. The molecular formula is C28H19BrF3N5O5. The van der Waals surface area contributed by atoms with Gasteiger partial charge in [-0.1, -0.05) is 28.1 Å². The van der Waals surface area contributed by atoms with E-state index >= 15 is 0 Å². The van der Waals surface area contributed by atoms with Crippen molar-refractivity contribution in [1.82, 2.24) is 14.6 Å². The number of nitro benzene ring substituents is 1. The zero-order valence-corrected chi connectivity index (χ0v) is 23.1. The van der Waals surface area contributed by atoms with Gasteiger partial charge < -0.3 is 14.8 Å². The Kier molecular flexibility index (Phi) is 7.81. The van der Waals surface area contributed by atoms with Crippen molar-refractivity contribution in [3.05, 3.63) is 105 Å². The molecule has 0 aliphatic heterocycles. The summed E-state index contributed by atoms with van der Waals surface area (Å²) < 4.78 is 54.3. The van der Waals surface area contributed by atoms with Gasteiger partial charge in [-0.05, 0) is 49.4 Å². The summed E-state index contributed by atoms with van der Waals surface area (Å²) in [4.78, 5) is 28.5. The highest BCUT2D eigenvalue weighted by atomic mass is 79.9. The zero-order valence-electron chi connectivity index (χ0n) is 21.6. The number of nitrogens with one attached hydrogen (secondary N) is 1. The van der Waals surface area contributed by atoms with Crippen molar-refractivity contribution < 1.29 is 32.4 Å². The van der Waals surface area contributed by atoms with Crippen LogP contribution in [0.5, 0.6) is 17.2 Å². The molecule has 0 spiro atoms. The number of hydrogen-bond donors (Lipinski definition) is 1. The first kappa shape index (κ1) is 28.5. The minimum absolute atomic E-state index is 0.0294. The summed E-state index contributed by atoms with van der Waals surface area (Å²) in [5.74, 6) is 0.115. The second kappa shape index (κ2) is 11.5. The molecule has 0 unspecified atom stereocenters. The number of ether oxygens (including phenoxy) is 2. The summed E-state index contributed by atoms with van der Waals surface area (Å²) in [6, 6.07) is 17.4. The second-order valence-corrected chi connectivity index (χ2v) is 9.67. The lowest BCUT2D eigenvalue weighted by atomic mass is 10.1.